The molecule has 0 spiro atoms. The van der Waals surface area contributed by atoms with Crippen molar-refractivity contribution >= 4 is 5.97 Å². The lowest BCUT2D eigenvalue weighted by Crippen LogP contribution is -2.13. The van der Waals surface area contributed by atoms with Crippen LogP contribution in [0.4, 0.5) is 4.39 Å². The van der Waals surface area contributed by atoms with Gasteiger partial charge in [0.05, 0.1) is 12.3 Å². The van der Waals surface area contributed by atoms with Crippen LogP contribution in [0.2, 0.25) is 0 Å². The highest BCUT2D eigenvalue weighted by molar-refractivity contribution is 5.96. The average Bonchev–Trinajstić information content (AvgIpc) is 3.03. The molecule has 1 aliphatic rings. The molecule has 0 fully saturated rings. The summed E-state index contributed by atoms with van der Waals surface area (Å²) in [5, 5.41) is 4.48. The SMILES string of the molecule is CCOC(=O)c1nn2c(c1-c1ccc(F)cc1)COc1ccccc1-2. The fourth-order valence-electron chi connectivity index (χ4n) is 2.95. The van der Waals surface area contributed by atoms with Gasteiger partial charge in [-0.1, -0.05) is 24.3 Å². The number of para-hydroxylation sites is 2. The molecular weight excluding hydrogens is 323 g/mol. The average molecular weight is 338 g/mol. The number of carbonyl (C=O) groups is 1. The Labute approximate surface area is 143 Å². The lowest BCUT2D eigenvalue weighted by Gasteiger charge is -2.19. The first-order valence-electron chi connectivity index (χ1n) is 7.96. The maximum atomic E-state index is 13.3. The summed E-state index contributed by atoms with van der Waals surface area (Å²) in [6.07, 6.45) is 0. The number of nitrogens with zero attached hydrogens (tertiary/aromatic N) is 2. The van der Waals surface area contributed by atoms with Crippen LogP contribution >= 0.6 is 0 Å². The van der Waals surface area contributed by atoms with Crippen LogP contribution in [0, 0.1) is 5.82 Å². The van der Waals surface area contributed by atoms with E-state index in [0.717, 1.165) is 11.4 Å². The Morgan fingerprint density at radius 1 is 1.24 bits per heavy atom. The maximum Gasteiger partial charge on any atom is 0.359 e. The largest absolute Gasteiger partial charge is 0.485 e. The van der Waals surface area contributed by atoms with E-state index in [1.807, 2.05) is 24.3 Å². The van der Waals surface area contributed by atoms with E-state index in [0.29, 0.717) is 16.9 Å². The van der Waals surface area contributed by atoms with Gasteiger partial charge in [0.1, 0.15) is 23.9 Å². The normalized spacial score (nSPS) is 12.1. The van der Waals surface area contributed by atoms with Crippen LogP contribution in [0.15, 0.2) is 48.5 Å². The second-order valence-electron chi connectivity index (χ2n) is 5.57. The summed E-state index contributed by atoms with van der Waals surface area (Å²) in [5.41, 5.74) is 2.97. The summed E-state index contributed by atoms with van der Waals surface area (Å²) in [5.74, 6) is -0.163. The number of halogens is 1. The van der Waals surface area contributed by atoms with E-state index in [9.17, 15) is 9.18 Å². The predicted octanol–water partition coefficient (Wildman–Crippen LogP) is 3.75. The van der Waals surface area contributed by atoms with Crippen LogP contribution in [0.25, 0.3) is 16.8 Å². The molecule has 0 amide bonds. The molecule has 4 rings (SSSR count). The van der Waals surface area contributed by atoms with Gasteiger partial charge < -0.3 is 9.47 Å². The highest BCUT2D eigenvalue weighted by Crippen LogP contribution is 2.36. The molecule has 6 heteroatoms. The van der Waals surface area contributed by atoms with Gasteiger partial charge in [0.25, 0.3) is 0 Å². The third-order valence-corrected chi connectivity index (χ3v) is 4.04. The first-order valence-corrected chi connectivity index (χ1v) is 7.96. The van der Waals surface area contributed by atoms with Gasteiger partial charge >= 0.3 is 5.97 Å². The monoisotopic (exact) mass is 338 g/mol. The molecule has 25 heavy (non-hydrogen) atoms. The van der Waals surface area contributed by atoms with Crippen molar-refractivity contribution in [2.45, 2.75) is 13.5 Å². The van der Waals surface area contributed by atoms with E-state index >= 15 is 0 Å². The van der Waals surface area contributed by atoms with Crippen molar-refractivity contribution < 1.29 is 18.7 Å². The highest BCUT2D eigenvalue weighted by Gasteiger charge is 2.29. The minimum absolute atomic E-state index is 0.198. The lowest BCUT2D eigenvalue weighted by atomic mass is 10.0. The van der Waals surface area contributed by atoms with Crippen molar-refractivity contribution in [1.29, 1.82) is 0 Å². The molecule has 0 N–H and O–H groups in total. The highest BCUT2D eigenvalue weighted by atomic mass is 19.1. The Morgan fingerprint density at radius 2 is 2.00 bits per heavy atom. The van der Waals surface area contributed by atoms with Crippen LogP contribution < -0.4 is 4.74 Å². The van der Waals surface area contributed by atoms with Crippen LogP contribution in [0.1, 0.15) is 23.1 Å². The molecular formula is C19H15FN2O3. The molecule has 1 aliphatic heterocycles. The van der Waals surface area contributed by atoms with Gasteiger partial charge in [-0.05, 0) is 36.8 Å². The smallest absolute Gasteiger partial charge is 0.359 e. The summed E-state index contributed by atoms with van der Waals surface area (Å²) in [6, 6.07) is 13.4. The van der Waals surface area contributed by atoms with E-state index in [4.69, 9.17) is 9.47 Å². The van der Waals surface area contributed by atoms with Gasteiger partial charge in [-0.2, -0.15) is 5.10 Å². The zero-order valence-corrected chi connectivity index (χ0v) is 13.5. The molecule has 2 aromatic carbocycles. The Kier molecular flexibility index (Phi) is 3.72. The number of rotatable bonds is 3. The van der Waals surface area contributed by atoms with Gasteiger partial charge in [-0.3, -0.25) is 0 Å². The molecule has 0 aliphatic carbocycles. The summed E-state index contributed by atoms with van der Waals surface area (Å²) in [4.78, 5) is 12.4. The van der Waals surface area contributed by atoms with Gasteiger partial charge in [-0.25, -0.2) is 13.9 Å². The standard InChI is InChI=1S/C19H15FN2O3/c1-2-24-19(23)18-17(12-7-9-13(20)10-8-12)15-11-25-16-6-4-3-5-14(16)22(15)21-18/h3-10H,2,11H2,1H3. The number of ether oxygens (including phenoxy) is 2. The van der Waals surface area contributed by atoms with E-state index in [-0.39, 0.29) is 24.7 Å². The molecule has 0 saturated heterocycles. The Morgan fingerprint density at radius 3 is 2.76 bits per heavy atom. The molecule has 0 saturated carbocycles. The molecule has 3 aromatic rings. The van der Waals surface area contributed by atoms with Crippen LogP contribution in [-0.2, 0) is 11.3 Å². The van der Waals surface area contributed by atoms with Crippen molar-refractivity contribution in [3.8, 4) is 22.6 Å². The number of esters is 1. The first-order chi connectivity index (χ1) is 12.2. The first kappa shape index (κ1) is 15.4. The fourth-order valence-corrected chi connectivity index (χ4v) is 2.95. The second kappa shape index (κ2) is 6.05. The van der Waals surface area contributed by atoms with Gasteiger partial charge in [0, 0.05) is 5.56 Å². The topological polar surface area (TPSA) is 53.3 Å². The fraction of sp³-hybridized carbons (Fsp3) is 0.158. The van der Waals surface area contributed by atoms with E-state index in [1.165, 1.54) is 12.1 Å². The van der Waals surface area contributed by atoms with Crippen molar-refractivity contribution in [2.75, 3.05) is 6.61 Å². The summed E-state index contributed by atoms with van der Waals surface area (Å²) < 4.78 is 26.0. The summed E-state index contributed by atoms with van der Waals surface area (Å²) >= 11 is 0. The Hall–Kier alpha value is -3.15. The van der Waals surface area contributed by atoms with Gasteiger partial charge in [0.15, 0.2) is 5.69 Å². The molecule has 5 nitrogen and oxygen atoms in total. The number of benzene rings is 2. The van der Waals surface area contributed by atoms with E-state index in [2.05, 4.69) is 5.10 Å². The molecule has 2 heterocycles. The van der Waals surface area contributed by atoms with E-state index < -0.39 is 5.97 Å². The summed E-state index contributed by atoms with van der Waals surface area (Å²) in [7, 11) is 0. The zero-order valence-electron chi connectivity index (χ0n) is 13.5. The Balaban J connectivity index is 1.95. The molecule has 0 atom stereocenters. The number of carbonyl (C=O) groups excluding carboxylic acids is 1. The van der Waals surface area contributed by atoms with Gasteiger partial charge in [0.2, 0.25) is 0 Å². The van der Waals surface area contributed by atoms with Crippen LogP contribution in [0.5, 0.6) is 5.75 Å². The van der Waals surface area contributed by atoms with Crippen molar-refractivity contribution in [1.82, 2.24) is 9.78 Å². The second-order valence-corrected chi connectivity index (χ2v) is 5.57. The molecule has 126 valence electrons. The number of fused-ring (bicyclic) bond motifs is 3. The predicted molar refractivity (Wildman–Crippen MR) is 89.2 cm³/mol. The van der Waals surface area contributed by atoms with Crippen molar-refractivity contribution in [3.63, 3.8) is 0 Å². The molecule has 0 unspecified atom stereocenters. The van der Waals surface area contributed by atoms with Crippen LogP contribution in [0.3, 0.4) is 0 Å². The zero-order chi connectivity index (χ0) is 17.4. The molecule has 0 bridgehead atoms. The number of hydrogen-bond acceptors (Lipinski definition) is 4. The number of aromatic nitrogens is 2. The van der Waals surface area contributed by atoms with Crippen molar-refractivity contribution in [2.24, 2.45) is 0 Å². The van der Waals surface area contributed by atoms with E-state index in [1.54, 1.807) is 23.7 Å². The quantitative estimate of drug-likeness (QED) is 0.683. The summed E-state index contributed by atoms with van der Waals surface area (Å²) in [6.45, 7) is 2.25. The minimum Gasteiger partial charge on any atom is -0.485 e. The van der Waals surface area contributed by atoms with Crippen LogP contribution in [-0.4, -0.2) is 22.4 Å². The third-order valence-electron chi connectivity index (χ3n) is 4.04. The van der Waals surface area contributed by atoms with Crippen molar-refractivity contribution in [3.05, 3.63) is 65.7 Å². The number of hydrogen-bond donors (Lipinski definition) is 0. The molecule has 0 radical (unpaired) electrons. The van der Waals surface area contributed by atoms with Gasteiger partial charge in [-0.15, -0.1) is 0 Å². The Bertz CT molecular complexity index is 948. The third kappa shape index (κ3) is 2.55. The lowest BCUT2D eigenvalue weighted by molar-refractivity contribution is 0.0520. The minimum atomic E-state index is -0.513. The molecule has 1 aromatic heterocycles. The maximum absolute atomic E-state index is 13.3.